The lowest BCUT2D eigenvalue weighted by atomic mass is 9.64. The van der Waals surface area contributed by atoms with Crippen molar-refractivity contribution >= 4 is 114 Å². The summed E-state index contributed by atoms with van der Waals surface area (Å²) >= 11 is 0. The fourth-order valence-corrected chi connectivity index (χ4v) is 9.16. The molecule has 0 bridgehead atoms. The van der Waals surface area contributed by atoms with Crippen molar-refractivity contribution in [1.82, 2.24) is 0 Å². The van der Waals surface area contributed by atoms with Crippen LogP contribution in [0, 0.1) is 0 Å². The van der Waals surface area contributed by atoms with E-state index in [0.717, 1.165) is 83.0 Å². The minimum Gasteiger partial charge on any atom is -0.455 e. The van der Waals surface area contributed by atoms with Gasteiger partial charge in [-0.25, -0.2) is 0 Å². The van der Waals surface area contributed by atoms with Gasteiger partial charge in [0.1, 0.15) is 42.6 Å². The molecular weight excluding hydrogens is 746 g/mol. The highest BCUT2D eigenvalue weighted by Gasteiger charge is 2.25. The Morgan fingerprint density at radius 2 is 0.903 bits per heavy atom. The first kappa shape index (κ1) is 37.6. The lowest BCUT2D eigenvalue weighted by molar-refractivity contribution is 0.673. The number of nitrogens with zero attached hydrogens (tertiary/aromatic N) is 1. The Morgan fingerprint density at radius 3 is 1.66 bits per heavy atom. The lowest BCUT2D eigenvalue weighted by Gasteiger charge is -2.34. The number of furan rings is 1. The molecule has 1 aromatic heterocycles. The van der Waals surface area contributed by atoms with Crippen molar-refractivity contribution in [1.29, 1.82) is 0 Å². The summed E-state index contributed by atoms with van der Waals surface area (Å²) in [5.74, 6) is 0. The lowest BCUT2D eigenvalue weighted by Crippen LogP contribution is -2.46. The molecule has 1 heterocycles. The van der Waals surface area contributed by atoms with E-state index in [9.17, 15) is 0 Å². The second-order valence-electron chi connectivity index (χ2n) is 15.7. The van der Waals surface area contributed by atoms with Gasteiger partial charge < -0.3 is 9.32 Å². The van der Waals surface area contributed by atoms with Crippen LogP contribution in [0.5, 0.6) is 0 Å². The van der Waals surface area contributed by atoms with E-state index in [1.807, 2.05) is 60.7 Å². The molecule has 0 aliphatic heterocycles. The Morgan fingerprint density at radius 1 is 0.355 bits per heavy atom. The molecule has 0 aliphatic carbocycles. The van der Waals surface area contributed by atoms with E-state index < -0.39 is 0 Å². The van der Waals surface area contributed by atoms with Gasteiger partial charge >= 0.3 is 0 Å². The van der Waals surface area contributed by atoms with Crippen LogP contribution in [0.25, 0.3) is 88.0 Å². The number of para-hydroxylation sites is 1. The minimum atomic E-state index is 0.324. The first-order valence-electron chi connectivity index (χ1n) is 20.7. The summed E-state index contributed by atoms with van der Waals surface area (Å²) in [5.41, 5.74) is 12.9. The number of rotatable bonds is 7. The zero-order valence-corrected chi connectivity index (χ0v) is 33.7. The van der Waals surface area contributed by atoms with Gasteiger partial charge in [-0.15, -0.1) is 0 Å². The fraction of sp³-hybridized carbons (Fsp3) is 0. The molecule has 0 N–H and O–H groups in total. The van der Waals surface area contributed by atoms with Crippen molar-refractivity contribution in [3.63, 3.8) is 0 Å². The van der Waals surface area contributed by atoms with E-state index in [4.69, 9.17) is 35.8 Å². The van der Waals surface area contributed by atoms with Gasteiger partial charge in [-0.3, -0.25) is 0 Å². The minimum absolute atomic E-state index is 0.324. The summed E-state index contributed by atoms with van der Waals surface area (Å²) < 4.78 is 6.65. The van der Waals surface area contributed by atoms with Crippen LogP contribution in [0.15, 0.2) is 205 Å². The Bertz CT molecular complexity index is 3470. The molecule has 0 fully saturated rings. The maximum absolute atomic E-state index is 7.24. The van der Waals surface area contributed by atoms with Gasteiger partial charge in [-0.2, -0.15) is 0 Å². The molecule has 62 heavy (non-hydrogen) atoms. The Kier molecular flexibility index (Phi) is 9.24. The molecule has 280 valence electrons. The van der Waals surface area contributed by atoms with Crippen LogP contribution in [0.4, 0.5) is 17.1 Å². The maximum atomic E-state index is 7.24. The number of anilines is 3. The second kappa shape index (κ2) is 15.2. The van der Waals surface area contributed by atoms with Gasteiger partial charge in [0.05, 0.1) is 5.69 Å². The molecule has 0 saturated carbocycles. The van der Waals surface area contributed by atoms with Crippen LogP contribution in [-0.2, 0) is 0 Å². The van der Waals surface area contributed by atoms with Gasteiger partial charge in [0, 0.05) is 33.1 Å². The molecule has 10 aromatic carbocycles. The molecular formula is C56H33B4NO. The van der Waals surface area contributed by atoms with Crippen molar-refractivity contribution in [2.24, 2.45) is 0 Å². The number of fused-ring (bicyclic) bond motifs is 6. The highest BCUT2D eigenvalue weighted by molar-refractivity contribution is 6.63. The third kappa shape index (κ3) is 6.17. The van der Waals surface area contributed by atoms with E-state index in [1.54, 1.807) is 0 Å². The van der Waals surface area contributed by atoms with Crippen molar-refractivity contribution in [2.75, 3.05) is 4.90 Å². The summed E-state index contributed by atoms with van der Waals surface area (Å²) in [5, 5.41) is 6.59. The Hall–Kier alpha value is -7.42. The average Bonchev–Trinajstić information content (AvgIpc) is 3.73. The first-order valence-corrected chi connectivity index (χ1v) is 20.7. The quantitative estimate of drug-likeness (QED) is 0.150. The monoisotopic (exact) mass is 779 g/mol. The summed E-state index contributed by atoms with van der Waals surface area (Å²) in [4.78, 5) is 2.10. The van der Waals surface area contributed by atoms with E-state index in [1.165, 1.54) is 10.8 Å². The maximum Gasteiger partial charge on any atom is 0.143 e. The van der Waals surface area contributed by atoms with Crippen LogP contribution in [0.1, 0.15) is 0 Å². The molecule has 0 spiro atoms. The SMILES string of the molecule is [B]c1c([B])c(N(c2ccc(-c3cccc4ccccc34)cc2)c2ccccc2-c2cccc3oc4c5ccccc5ccc4c23)c([B])c([B])c1-c1ccc(-c2ccccc2)cc1. The van der Waals surface area contributed by atoms with E-state index in [2.05, 4.69) is 144 Å². The van der Waals surface area contributed by atoms with E-state index in [0.29, 0.717) is 33.1 Å². The average molecular weight is 779 g/mol. The fourth-order valence-electron chi connectivity index (χ4n) is 9.16. The van der Waals surface area contributed by atoms with Gasteiger partial charge in [0.15, 0.2) is 0 Å². The van der Waals surface area contributed by atoms with Crippen LogP contribution >= 0.6 is 0 Å². The molecule has 0 saturated heterocycles. The smallest absolute Gasteiger partial charge is 0.143 e. The summed E-state index contributed by atoms with van der Waals surface area (Å²) in [7, 11) is 28.7. The predicted molar refractivity (Wildman–Crippen MR) is 267 cm³/mol. The normalized spacial score (nSPS) is 11.5. The standard InChI is InChI=1S/C56H33B4NO/c57-51-49(39-26-24-35(25-27-39)34-12-2-1-3-13-34)52(58)54(60)55(53(51)59)61(40-31-28-38(29-32-40)42-20-10-16-36-14-4-6-17-41(36)42)47-22-9-8-19-44(47)45-21-11-23-48-50(45)46-33-30-37-15-5-7-18-43(37)56(46)62-48/h1-33H. The number of hydrogen-bond donors (Lipinski definition) is 0. The van der Waals surface area contributed by atoms with Crippen LogP contribution < -0.4 is 26.8 Å². The predicted octanol–water partition coefficient (Wildman–Crippen LogP) is 11.2. The highest BCUT2D eigenvalue weighted by atomic mass is 16.3. The van der Waals surface area contributed by atoms with Gasteiger partial charge in [0.25, 0.3) is 0 Å². The molecule has 0 amide bonds. The van der Waals surface area contributed by atoms with Crippen LogP contribution in [0.2, 0.25) is 0 Å². The van der Waals surface area contributed by atoms with Crippen LogP contribution in [0.3, 0.4) is 0 Å². The van der Waals surface area contributed by atoms with Crippen molar-refractivity contribution in [3.8, 4) is 44.5 Å². The molecule has 0 atom stereocenters. The zero-order chi connectivity index (χ0) is 41.9. The number of hydrogen-bond acceptors (Lipinski definition) is 2. The Balaban J connectivity index is 1.12. The van der Waals surface area contributed by atoms with Crippen molar-refractivity contribution in [3.05, 3.63) is 200 Å². The third-order valence-corrected chi connectivity index (χ3v) is 12.2. The van der Waals surface area contributed by atoms with Crippen LogP contribution in [-0.4, -0.2) is 31.4 Å². The molecule has 11 aromatic rings. The highest BCUT2D eigenvalue weighted by Crippen LogP contribution is 2.45. The number of benzene rings is 10. The van der Waals surface area contributed by atoms with Gasteiger partial charge in [-0.1, -0.05) is 192 Å². The molecule has 6 heteroatoms. The summed E-state index contributed by atoms with van der Waals surface area (Å²) in [6.07, 6.45) is 0. The molecule has 8 radical (unpaired) electrons. The molecule has 11 rings (SSSR count). The van der Waals surface area contributed by atoms with E-state index in [-0.39, 0.29) is 0 Å². The summed E-state index contributed by atoms with van der Waals surface area (Å²) in [6, 6.07) is 68.9. The largest absolute Gasteiger partial charge is 0.455 e. The third-order valence-electron chi connectivity index (χ3n) is 12.2. The molecule has 2 nitrogen and oxygen atoms in total. The topological polar surface area (TPSA) is 16.4 Å². The van der Waals surface area contributed by atoms with Crippen molar-refractivity contribution < 1.29 is 4.42 Å². The molecule has 0 aliphatic rings. The second-order valence-corrected chi connectivity index (χ2v) is 15.7. The summed E-state index contributed by atoms with van der Waals surface area (Å²) in [6.45, 7) is 0. The molecule has 0 unspecified atom stereocenters. The van der Waals surface area contributed by atoms with Gasteiger partial charge in [0.2, 0.25) is 0 Å². The first-order chi connectivity index (χ1) is 30.4. The Labute approximate surface area is 366 Å². The van der Waals surface area contributed by atoms with E-state index >= 15 is 0 Å². The zero-order valence-electron chi connectivity index (χ0n) is 33.7. The van der Waals surface area contributed by atoms with Gasteiger partial charge in [-0.05, 0) is 85.4 Å². The van der Waals surface area contributed by atoms with Crippen molar-refractivity contribution in [2.45, 2.75) is 0 Å².